The van der Waals surface area contributed by atoms with Gasteiger partial charge in [0.1, 0.15) is 0 Å². The van der Waals surface area contributed by atoms with Gasteiger partial charge in [-0.3, -0.25) is 0 Å². The van der Waals surface area contributed by atoms with Gasteiger partial charge in [0.2, 0.25) is 0 Å². The quantitative estimate of drug-likeness (QED) is 0.176. The molecule has 4 aromatic carbocycles. The summed E-state index contributed by atoms with van der Waals surface area (Å²) in [5.74, 6) is 0.634. The fraction of sp³-hybridized carbons (Fsp3) is 0.0588. The summed E-state index contributed by atoms with van der Waals surface area (Å²) >= 11 is 2.14. The van der Waals surface area contributed by atoms with Gasteiger partial charge in [-0.25, -0.2) is 9.97 Å². The van der Waals surface area contributed by atoms with E-state index in [1.807, 2.05) is 60.7 Å². The SMILES string of the molecule is FC(F)(F)c1ccc2nc(-c3oc4c(-c5ccccc5)c(-c5nc6ccc(C(F)(F)F)cc6s5)oc4c3-c3ccccc3)sc2c1. The van der Waals surface area contributed by atoms with Crippen molar-refractivity contribution >= 4 is 54.3 Å². The minimum atomic E-state index is -4.51. The van der Waals surface area contributed by atoms with Gasteiger partial charge in [-0.15, -0.1) is 22.7 Å². The van der Waals surface area contributed by atoms with E-state index in [4.69, 9.17) is 8.83 Å². The van der Waals surface area contributed by atoms with Crippen LogP contribution in [0.4, 0.5) is 26.3 Å². The Morgan fingerprint density at radius 2 is 0.891 bits per heavy atom. The monoisotopic (exact) mass is 662 g/mol. The van der Waals surface area contributed by atoms with Gasteiger partial charge < -0.3 is 8.83 Å². The van der Waals surface area contributed by atoms with Crippen LogP contribution in [0, 0.1) is 0 Å². The minimum absolute atomic E-state index is 0.317. The van der Waals surface area contributed by atoms with E-state index in [9.17, 15) is 26.3 Å². The van der Waals surface area contributed by atoms with E-state index < -0.39 is 23.5 Å². The molecule has 4 nitrogen and oxygen atoms in total. The van der Waals surface area contributed by atoms with Crippen LogP contribution >= 0.6 is 22.7 Å². The number of halogens is 6. The molecule has 8 rings (SSSR count). The van der Waals surface area contributed by atoms with Crippen LogP contribution in [0.5, 0.6) is 0 Å². The van der Waals surface area contributed by atoms with E-state index in [-0.39, 0.29) is 0 Å². The first-order valence-electron chi connectivity index (χ1n) is 13.7. The number of aromatic nitrogens is 2. The van der Waals surface area contributed by atoms with E-state index in [1.54, 1.807) is 0 Å². The van der Waals surface area contributed by atoms with Crippen LogP contribution in [0.25, 0.3) is 75.4 Å². The van der Waals surface area contributed by atoms with E-state index in [0.717, 1.165) is 46.9 Å². The predicted molar refractivity (Wildman–Crippen MR) is 167 cm³/mol. The number of benzene rings is 4. The zero-order valence-electron chi connectivity index (χ0n) is 23.0. The highest BCUT2D eigenvalue weighted by atomic mass is 32.1. The van der Waals surface area contributed by atoms with Crippen molar-refractivity contribution in [3.8, 4) is 43.8 Å². The topological polar surface area (TPSA) is 52.1 Å². The number of thiazole rings is 2. The van der Waals surface area contributed by atoms with Gasteiger partial charge in [-0.05, 0) is 47.5 Å². The molecule has 46 heavy (non-hydrogen) atoms. The number of hydrogen-bond acceptors (Lipinski definition) is 6. The maximum absolute atomic E-state index is 13.5. The molecule has 12 heteroatoms. The van der Waals surface area contributed by atoms with Gasteiger partial charge in [-0.2, -0.15) is 26.3 Å². The van der Waals surface area contributed by atoms with Crippen LogP contribution in [0.1, 0.15) is 11.1 Å². The second kappa shape index (κ2) is 10.3. The number of hydrogen-bond donors (Lipinski definition) is 0. The van der Waals surface area contributed by atoms with Crippen molar-refractivity contribution in [1.82, 2.24) is 9.97 Å². The lowest BCUT2D eigenvalue weighted by Crippen LogP contribution is -2.03. The number of furan rings is 2. The molecule has 0 aliphatic rings. The number of fused-ring (bicyclic) bond motifs is 3. The van der Waals surface area contributed by atoms with Crippen LogP contribution in [0.15, 0.2) is 106 Å². The van der Waals surface area contributed by atoms with Gasteiger partial charge in [0.15, 0.2) is 32.7 Å². The third kappa shape index (κ3) is 4.76. The van der Waals surface area contributed by atoms with Crippen LogP contribution < -0.4 is 0 Å². The van der Waals surface area contributed by atoms with Crippen LogP contribution in [0.3, 0.4) is 0 Å². The maximum atomic E-state index is 13.5. The zero-order chi connectivity index (χ0) is 31.8. The van der Waals surface area contributed by atoms with Gasteiger partial charge in [0, 0.05) is 0 Å². The minimum Gasteiger partial charge on any atom is -0.449 e. The number of alkyl halides is 6. The average Bonchev–Trinajstić information content (AvgIpc) is 3.80. The van der Waals surface area contributed by atoms with Gasteiger partial charge >= 0.3 is 12.4 Å². The van der Waals surface area contributed by atoms with E-state index >= 15 is 0 Å². The summed E-state index contributed by atoms with van der Waals surface area (Å²) in [5, 5.41) is 0.722. The van der Waals surface area contributed by atoms with E-state index in [1.165, 1.54) is 12.1 Å². The molecule has 0 aliphatic carbocycles. The molecule has 0 saturated carbocycles. The summed E-state index contributed by atoms with van der Waals surface area (Å²) in [6.07, 6.45) is -9.01. The Kier molecular flexibility index (Phi) is 6.38. The van der Waals surface area contributed by atoms with Crippen molar-refractivity contribution in [2.24, 2.45) is 0 Å². The van der Waals surface area contributed by atoms with Crippen LogP contribution in [-0.4, -0.2) is 9.97 Å². The molecule has 8 aromatic rings. The Labute approximate surface area is 263 Å². The van der Waals surface area contributed by atoms with Crippen molar-refractivity contribution in [1.29, 1.82) is 0 Å². The van der Waals surface area contributed by atoms with E-state index in [2.05, 4.69) is 9.97 Å². The molecular formula is C34H16F6N2O2S2. The molecule has 0 fully saturated rings. The Morgan fingerprint density at radius 1 is 0.500 bits per heavy atom. The first kappa shape index (κ1) is 28.5. The van der Waals surface area contributed by atoms with Crippen LogP contribution in [0.2, 0.25) is 0 Å². The molecule has 0 radical (unpaired) electrons. The summed E-state index contributed by atoms with van der Waals surface area (Å²) < 4.78 is 94.5. The molecule has 0 saturated heterocycles. The zero-order valence-corrected chi connectivity index (χ0v) is 24.7. The second-order valence-electron chi connectivity index (χ2n) is 10.4. The van der Waals surface area contributed by atoms with E-state index in [0.29, 0.717) is 75.4 Å². The highest BCUT2D eigenvalue weighted by molar-refractivity contribution is 7.22. The molecule has 0 spiro atoms. The summed E-state index contributed by atoms with van der Waals surface area (Å²) in [6, 6.07) is 25.2. The molecule has 0 unspecified atom stereocenters. The second-order valence-corrected chi connectivity index (χ2v) is 12.5. The Morgan fingerprint density at radius 3 is 1.26 bits per heavy atom. The van der Waals surface area contributed by atoms with Crippen molar-refractivity contribution in [3.05, 3.63) is 108 Å². The van der Waals surface area contributed by atoms with Crippen molar-refractivity contribution < 1.29 is 35.2 Å². The van der Waals surface area contributed by atoms with Crippen molar-refractivity contribution in [3.63, 3.8) is 0 Å². The lowest BCUT2D eigenvalue weighted by Gasteiger charge is -2.04. The largest absolute Gasteiger partial charge is 0.449 e. The molecular weight excluding hydrogens is 647 g/mol. The molecule has 0 amide bonds. The maximum Gasteiger partial charge on any atom is 0.416 e. The van der Waals surface area contributed by atoms with Crippen molar-refractivity contribution in [2.75, 3.05) is 0 Å². The lowest BCUT2D eigenvalue weighted by molar-refractivity contribution is -0.138. The third-order valence-electron chi connectivity index (χ3n) is 7.47. The fourth-order valence-electron chi connectivity index (χ4n) is 5.37. The summed E-state index contributed by atoms with van der Waals surface area (Å²) in [7, 11) is 0. The fourth-order valence-corrected chi connectivity index (χ4v) is 7.35. The van der Waals surface area contributed by atoms with Gasteiger partial charge in [0.05, 0.1) is 42.7 Å². The first-order chi connectivity index (χ1) is 22.0. The first-order valence-corrected chi connectivity index (χ1v) is 15.3. The Hall–Kier alpha value is -4.94. The molecule has 0 bridgehead atoms. The number of rotatable bonds is 4. The van der Waals surface area contributed by atoms with Gasteiger partial charge in [-0.1, -0.05) is 60.7 Å². The predicted octanol–water partition coefficient (Wildman–Crippen LogP) is 12.0. The summed E-state index contributed by atoms with van der Waals surface area (Å²) in [4.78, 5) is 9.24. The normalized spacial score (nSPS) is 12.6. The smallest absolute Gasteiger partial charge is 0.416 e. The standard InChI is InChI=1S/C34H16F6N2O2S2/c35-33(36,37)19-11-13-21-23(15-19)45-31(41-21)29-25(17-7-3-1-4-8-17)27-28(44-29)26(18-9-5-2-6-10-18)30(43-27)32-42-22-14-12-20(34(38,39)40)16-24(22)46-32/h1-16H. The highest BCUT2D eigenvalue weighted by Crippen LogP contribution is 2.51. The molecule has 4 heterocycles. The lowest BCUT2D eigenvalue weighted by atomic mass is 10.0. The molecule has 228 valence electrons. The Bertz CT molecular complexity index is 2230. The molecule has 0 N–H and O–H groups in total. The number of nitrogens with zero attached hydrogens (tertiary/aromatic N) is 2. The molecule has 0 aliphatic heterocycles. The van der Waals surface area contributed by atoms with Crippen LogP contribution in [-0.2, 0) is 12.4 Å². The van der Waals surface area contributed by atoms with Crippen molar-refractivity contribution in [2.45, 2.75) is 12.4 Å². The Balaban J connectivity index is 1.39. The van der Waals surface area contributed by atoms with Gasteiger partial charge in [0.25, 0.3) is 0 Å². The average molecular weight is 663 g/mol. The summed E-state index contributed by atoms with van der Waals surface area (Å²) in [5.41, 5.74) is 2.41. The third-order valence-corrected chi connectivity index (χ3v) is 9.50. The highest BCUT2D eigenvalue weighted by Gasteiger charge is 2.34. The molecule has 0 atom stereocenters. The molecule has 4 aromatic heterocycles. The summed E-state index contributed by atoms with van der Waals surface area (Å²) in [6.45, 7) is 0.